The summed E-state index contributed by atoms with van der Waals surface area (Å²) < 4.78 is 0. The lowest BCUT2D eigenvalue weighted by molar-refractivity contribution is -0.149. The second-order valence-corrected chi connectivity index (χ2v) is 2.71. The molecule has 0 saturated carbocycles. The minimum Gasteiger partial charge on any atom is -0.508 e. The molecule has 0 aliphatic heterocycles. The Balaban J connectivity index is 2.83. The molecule has 0 saturated heterocycles. The fraction of sp³-hybridized carbons (Fsp3) is 0.111. The van der Waals surface area contributed by atoms with Crippen LogP contribution in [0, 0.1) is 5.53 Å². The van der Waals surface area contributed by atoms with E-state index in [4.69, 9.17) is 15.7 Å². The third-order valence-corrected chi connectivity index (χ3v) is 1.69. The summed E-state index contributed by atoms with van der Waals surface area (Å²) in [6.45, 7) is 0. The van der Waals surface area contributed by atoms with Crippen molar-refractivity contribution in [3.05, 3.63) is 29.8 Å². The molecule has 0 heterocycles. The van der Waals surface area contributed by atoms with Gasteiger partial charge in [-0.3, -0.25) is 0 Å². The van der Waals surface area contributed by atoms with E-state index in [1.54, 1.807) is 12.1 Å². The molecule has 1 rings (SSSR count). The summed E-state index contributed by atoms with van der Waals surface area (Å²) in [5, 5.41) is 17.6. The van der Waals surface area contributed by atoms with Gasteiger partial charge in [0.25, 0.3) is 0 Å². The number of phenolic OH excluding ortho intramolecular Hbond substituents is 1. The first-order valence-electron chi connectivity index (χ1n) is 3.88. The second kappa shape index (κ2) is 4.20. The molecule has 0 aliphatic rings. The van der Waals surface area contributed by atoms with Gasteiger partial charge in [0.15, 0.2) is 0 Å². The zero-order valence-corrected chi connectivity index (χ0v) is 7.27. The van der Waals surface area contributed by atoms with Gasteiger partial charge in [-0.05, 0) is 17.7 Å². The van der Waals surface area contributed by atoms with Crippen LogP contribution in [0.3, 0.4) is 0 Å². The molecule has 0 spiro atoms. The molecule has 0 fully saturated rings. The Hall–Kier alpha value is -2.13. The third-order valence-electron chi connectivity index (χ3n) is 1.69. The molecule has 14 heavy (non-hydrogen) atoms. The maximum Gasteiger partial charge on any atom is 0.429 e. The lowest BCUT2D eigenvalue weighted by Crippen LogP contribution is -2.16. The third kappa shape index (κ3) is 2.43. The number of nitrogens with zero attached hydrogens (tertiary/aromatic N) is 1. The van der Waals surface area contributed by atoms with Crippen LogP contribution in [-0.2, 0) is 11.2 Å². The Morgan fingerprint density at radius 2 is 1.93 bits per heavy atom. The van der Waals surface area contributed by atoms with Gasteiger partial charge in [0, 0.05) is 0 Å². The highest BCUT2D eigenvalue weighted by Crippen LogP contribution is 2.10. The molecule has 0 radical (unpaired) electrons. The number of phenols is 1. The van der Waals surface area contributed by atoms with Crippen molar-refractivity contribution in [1.82, 2.24) is 0 Å². The number of aliphatic carboxylic acids is 1. The van der Waals surface area contributed by atoms with Crippen LogP contribution >= 0.6 is 0 Å². The van der Waals surface area contributed by atoms with E-state index >= 15 is 0 Å². The zero-order valence-electron chi connectivity index (χ0n) is 7.27. The van der Waals surface area contributed by atoms with Crippen molar-refractivity contribution in [3.8, 4) is 5.75 Å². The first-order valence-corrected chi connectivity index (χ1v) is 3.88. The minimum absolute atomic E-state index is 0.0825. The van der Waals surface area contributed by atoms with Gasteiger partial charge in [0.1, 0.15) is 5.75 Å². The average Bonchev–Trinajstić information content (AvgIpc) is 2.16. The van der Waals surface area contributed by atoms with E-state index in [1.807, 2.05) is 0 Å². The number of aromatic hydroxyl groups is 1. The molecule has 0 bridgehead atoms. The average molecular weight is 193 g/mol. The fourth-order valence-corrected chi connectivity index (χ4v) is 0.970. The maximum atomic E-state index is 10.5. The Labute approximate surface area is 79.9 Å². The first-order chi connectivity index (χ1) is 6.63. The van der Waals surface area contributed by atoms with Crippen LogP contribution in [0.4, 0.5) is 0 Å². The number of carboxylic acids is 1. The number of nitrogens with one attached hydrogen (secondary N) is 1. The smallest absolute Gasteiger partial charge is 0.429 e. The van der Waals surface area contributed by atoms with Gasteiger partial charge in [-0.15, -0.1) is 0 Å². The summed E-state index contributed by atoms with van der Waals surface area (Å²) in [4.78, 5) is 13.4. The number of carbonyl (C=O) groups is 1. The molecule has 3 N–H and O–H groups in total. The molecule has 0 aliphatic carbocycles. The van der Waals surface area contributed by atoms with Gasteiger partial charge in [0.05, 0.1) is 16.7 Å². The molecule has 5 nitrogen and oxygen atoms in total. The highest BCUT2D eigenvalue weighted by molar-refractivity contribution is 6.33. The number of carboxylic acid groups (broad SMARTS) is 1. The van der Waals surface area contributed by atoms with Gasteiger partial charge < -0.3 is 10.2 Å². The monoisotopic (exact) mass is 193 g/mol. The Morgan fingerprint density at radius 3 is 2.36 bits per heavy atom. The fourth-order valence-electron chi connectivity index (χ4n) is 0.970. The minimum atomic E-state index is -1.20. The van der Waals surface area contributed by atoms with Gasteiger partial charge in [0.2, 0.25) is 0 Å². The van der Waals surface area contributed by atoms with Gasteiger partial charge in [-0.2, -0.15) is 0 Å². The van der Waals surface area contributed by atoms with E-state index in [2.05, 4.69) is 4.79 Å². The molecular weight excluding hydrogens is 184 g/mol. The number of hydrogen-bond donors (Lipinski definition) is 3. The first kappa shape index (κ1) is 9.95. The molecule has 0 amide bonds. The van der Waals surface area contributed by atoms with Crippen molar-refractivity contribution in [3.63, 3.8) is 0 Å². The van der Waals surface area contributed by atoms with Crippen molar-refractivity contribution >= 4 is 11.7 Å². The topological polar surface area (TPSA) is 95.5 Å². The van der Waals surface area contributed by atoms with Crippen molar-refractivity contribution in [2.24, 2.45) is 0 Å². The van der Waals surface area contributed by atoms with Crippen molar-refractivity contribution < 1.29 is 19.8 Å². The van der Waals surface area contributed by atoms with E-state index < -0.39 is 5.97 Å². The highest BCUT2D eigenvalue weighted by Gasteiger charge is 2.21. The van der Waals surface area contributed by atoms with Crippen LogP contribution in [0.1, 0.15) is 5.56 Å². The molecule has 1 aromatic carbocycles. The quantitative estimate of drug-likeness (QED) is 0.374. The SMILES string of the molecule is N=[N+]=C(Cc1ccc(O)cc1)C(=O)O. The standard InChI is InChI=1S/C9H8N2O3/c10-11-8(9(13)14)5-6-1-3-7(12)4-2-6/h1-4,10H,5H2,(H-,12,13,14)/p+1. The van der Waals surface area contributed by atoms with E-state index in [9.17, 15) is 4.79 Å². The van der Waals surface area contributed by atoms with Crippen LogP contribution in [0.15, 0.2) is 24.3 Å². The molecular formula is C9H9N2O3+. The summed E-state index contributed by atoms with van der Waals surface area (Å²) in [6, 6.07) is 6.09. The van der Waals surface area contributed by atoms with E-state index in [0.29, 0.717) is 5.56 Å². The van der Waals surface area contributed by atoms with Crippen LogP contribution in [0.5, 0.6) is 5.75 Å². The van der Waals surface area contributed by atoms with E-state index in [-0.39, 0.29) is 17.9 Å². The molecule has 0 aromatic heterocycles. The van der Waals surface area contributed by atoms with E-state index in [0.717, 1.165) is 0 Å². The lowest BCUT2D eigenvalue weighted by Gasteiger charge is -1.94. The second-order valence-electron chi connectivity index (χ2n) is 2.71. The predicted octanol–water partition coefficient (Wildman–Crippen LogP) is 0.699. The summed E-state index contributed by atoms with van der Waals surface area (Å²) >= 11 is 0. The largest absolute Gasteiger partial charge is 0.508 e. The Kier molecular flexibility index (Phi) is 2.99. The normalized spacial score (nSPS) is 9.14. The summed E-state index contributed by atoms with van der Waals surface area (Å²) in [6.07, 6.45) is 0.0825. The Morgan fingerprint density at radius 1 is 1.36 bits per heavy atom. The van der Waals surface area contributed by atoms with Crippen molar-refractivity contribution in [2.45, 2.75) is 6.42 Å². The highest BCUT2D eigenvalue weighted by atomic mass is 16.4. The van der Waals surface area contributed by atoms with Gasteiger partial charge in [-0.25, -0.2) is 4.79 Å². The predicted molar refractivity (Wildman–Crippen MR) is 47.4 cm³/mol. The van der Waals surface area contributed by atoms with Crippen molar-refractivity contribution in [2.75, 3.05) is 0 Å². The van der Waals surface area contributed by atoms with Gasteiger partial charge >= 0.3 is 11.7 Å². The molecule has 72 valence electrons. The number of rotatable bonds is 3. The molecule has 1 aromatic rings. The molecule has 0 atom stereocenters. The number of hydrogen-bond acceptors (Lipinski definition) is 3. The molecule has 5 heteroatoms. The maximum absolute atomic E-state index is 10.5. The van der Waals surface area contributed by atoms with Gasteiger partial charge in [-0.1, -0.05) is 12.1 Å². The lowest BCUT2D eigenvalue weighted by atomic mass is 10.1. The van der Waals surface area contributed by atoms with Crippen LogP contribution < -0.4 is 0 Å². The number of benzene rings is 1. The zero-order chi connectivity index (χ0) is 10.6. The summed E-state index contributed by atoms with van der Waals surface area (Å²) in [5.74, 6) is -1.08. The van der Waals surface area contributed by atoms with Crippen LogP contribution in [-0.4, -0.2) is 26.7 Å². The van der Waals surface area contributed by atoms with Crippen molar-refractivity contribution in [1.29, 1.82) is 5.53 Å². The van der Waals surface area contributed by atoms with Crippen LogP contribution in [0.2, 0.25) is 0 Å². The summed E-state index contributed by atoms with van der Waals surface area (Å²) in [5.41, 5.74) is 7.10. The summed E-state index contributed by atoms with van der Waals surface area (Å²) in [7, 11) is 0. The molecule has 0 unspecified atom stereocenters. The van der Waals surface area contributed by atoms with E-state index in [1.165, 1.54) is 12.1 Å². The Bertz CT molecular complexity index is 391. The van der Waals surface area contributed by atoms with Crippen LogP contribution in [0.25, 0.3) is 0 Å².